The minimum absolute atomic E-state index is 0.411. The number of ether oxygens (including phenoxy) is 1. The fraction of sp³-hybridized carbons (Fsp3) is 0.0833. The van der Waals surface area contributed by atoms with Crippen molar-refractivity contribution in [2.75, 3.05) is 7.11 Å². The summed E-state index contributed by atoms with van der Waals surface area (Å²) in [5, 5.41) is 1.85. The Hall–Kier alpha value is -1.33. The maximum atomic E-state index is 5.54. The number of hydrogen-bond acceptors (Lipinski definition) is 4. The number of methoxy groups -OCH3 is 1. The first-order valence-electron chi connectivity index (χ1n) is 4.89. The summed E-state index contributed by atoms with van der Waals surface area (Å²) in [5.74, 6) is 0.565. The number of halogens is 1. The van der Waals surface area contributed by atoms with Crippen molar-refractivity contribution in [2.24, 2.45) is 0 Å². The van der Waals surface area contributed by atoms with Gasteiger partial charge in [0.2, 0.25) is 5.75 Å². The van der Waals surface area contributed by atoms with E-state index in [1.54, 1.807) is 19.4 Å². The third kappa shape index (κ3) is 1.50. The smallest absolute Gasteiger partial charge is 0.206 e. The van der Waals surface area contributed by atoms with Crippen LogP contribution in [0.25, 0.3) is 21.9 Å². The van der Waals surface area contributed by atoms with Gasteiger partial charge >= 0.3 is 0 Å². The average molecular weight is 311 g/mol. The summed E-state index contributed by atoms with van der Waals surface area (Å²) in [4.78, 5) is 0. The molecule has 5 heteroatoms. The second-order valence-electron chi connectivity index (χ2n) is 3.51. The van der Waals surface area contributed by atoms with Gasteiger partial charge in [-0.3, -0.25) is 0 Å². The Kier molecular flexibility index (Phi) is 2.45. The van der Waals surface area contributed by atoms with Crippen molar-refractivity contribution in [3.63, 3.8) is 0 Å². The molecule has 0 unspecified atom stereocenters. The highest BCUT2D eigenvalue weighted by Gasteiger charge is 2.17. The van der Waals surface area contributed by atoms with Crippen molar-refractivity contribution >= 4 is 50.1 Å². The molecular weight excluding hydrogens is 304 g/mol. The Morgan fingerprint density at radius 3 is 2.71 bits per heavy atom. The van der Waals surface area contributed by atoms with E-state index in [0.29, 0.717) is 21.6 Å². The van der Waals surface area contributed by atoms with Gasteiger partial charge in [-0.25, -0.2) is 0 Å². The number of benzene rings is 1. The van der Waals surface area contributed by atoms with E-state index in [4.69, 9.17) is 25.8 Å². The number of rotatable bonds is 1. The van der Waals surface area contributed by atoms with Crippen LogP contribution < -0.4 is 4.74 Å². The van der Waals surface area contributed by atoms with E-state index in [1.807, 2.05) is 12.1 Å². The predicted molar refractivity (Wildman–Crippen MR) is 71.1 cm³/mol. The van der Waals surface area contributed by atoms with Gasteiger partial charge in [0.05, 0.1) is 13.4 Å². The molecule has 3 aromatic rings. The Labute approximate surface area is 110 Å². The van der Waals surface area contributed by atoms with Gasteiger partial charge < -0.3 is 13.6 Å². The van der Waals surface area contributed by atoms with Gasteiger partial charge in [-0.15, -0.1) is 0 Å². The molecule has 0 atom stereocenters. The van der Waals surface area contributed by atoms with Crippen molar-refractivity contribution in [3.05, 3.63) is 33.6 Å². The van der Waals surface area contributed by atoms with E-state index in [2.05, 4.69) is 15.9 Å². The van der Waals surface area contributed by atoms with Crippen LogP contribution in [0, 0.1) is 4.71 Å². The molecule has 3 nitrogen and oxygen atoms in total. The summed E-state index contributed by atoms with van der Waals surface area (Å²) in [7, 11) is 1.58. The largest absolute Gasteiger partial charge is 0.490 e. The normalized spacial score (nSPS) is 11.2. The second kappa shape index (κ2) is 3.85. The lowest BCUT2D eigenvalue weighted by Gasteiger charge is -2.07. The molecule has 0 saturated heterocycles. The zero-order chi connectivity index (χ0) is 12.0. The molecule has 2 heterocycles. The van der Waals surface area contributed by atoms with Gasteiger partial charge in [0.15, 0.2) is 15.9 Å². The zero-order valence-electron chi connectivity index (χ0n) is 8.82. The van der Waals surface area contributed by atoms with E-state index in [1.165, 1.54) is 0 Å². The maximum Gasteiger partial charge on any atom is 0.206 e. The van der Waals surface area contributed by atoms with E-state index in [0.717, 1.165) is 15.2 Å². The first kappa shape index (κ1) is 10.8. The molecule has 0 spiro atoms. The van der Waals surface area contributed by atoms with Crippen LogP contribution >= 0.6 is 28.1 Å². The Balaban J connectivity index is 2.66. The fourth-order valence-corrected chi connectivity index (χ4v) is 2.63. The first-order chi connectivity index (χ1) is 8.22. The van der Waals surface area contributed by atoms with Crippen LogP contribution in [0.3, 0.4) is 0 Å². The van der Waals surface area contributed by atoms with Crippen molar-refractivity contribution in [2.45, 2.75) is 0 Å². The molecule has 0 aliphatic carbocycles. The molecule has 0 aliphatic rings. The highest BCUT2D eigenvalue weighted by molar-refractivity contribution is 9.10. The van der Waals surface area contributed by atoms with Crippen LogP contribution in [0.5, 0.6) is 5.75 Å². The summed E-state index contributed by atoms with van der Waals surface area (Å²) in [5.41, 5.74) is 1.24. The molecule has 0 bridgehead atoms. The third-order valence-corrected chi connectivity index (χ3v) is 3.66. The highest BCUT2D eigenvalue weighted by atomic mass is 79.9. The predicted octanol–water partition coefficient (Wildman–Crippen LogP) is 4.68. The monoisotopic (exact) mass is 310 g/mol. The minimum atomic E-state index is 0.411. The molecule has 0 saturated carbocycles. The summed E-state index contributed by atoms with van der Waals surface area (Å²) in [6.07, 6.45) is 1.62. The van der Waals surface area contributed by atoms with E-state index in [9.17, 15) is 0 Å². The molecule has 3 rings (SSSR count). The van der Waals surface area contributed by atoms with Gasteiger partial charge in [0, 0.05) is 15.2 Å². The molecule has 17 heavy (non-hydrogen) atoms. The lowest BCUT2D eigenvalue weighted by molar-refractivity contribution is 0.404. The number of fused-ring (bicyclic) bond motifs is 2. The number of hydrogen-bond donors (Lipinski definition) is 0. The van der Waals surface area contributed by atoms with Crippen molar-refractivity contribution in [1.29, 1.82) is 0 Å². The molecule has 2 aromatic heterocycles. The third-order valence-electron chi connectivity index (χ3n) is 2.59. The lowest BCUT2D eigenvalue weighted by atomic mass is 10.1. The van der Waals surface area contributed by atoms with E-state index >= 15 is 0 Å². The molecule has 0 fully saturated rings. The lowest BCUT2D eigenvalue weighted by Crippen LogP contribution is -1.87. The van der Waals surface area contributed by atoms with Gasteiger partial charge in [-0.05, 0) is 46.3 Å². The van der Waals surface area contributed by atoms with Gasteiger partial charge in [-0.2, -0.15) is 0 Å². The van der Waals surface area contributed by atoms with Gasteiger partial charge in [-0.1, -0.05) is 0 Å². The van der Waals surface area contributed by atoms with Crippen LogP contribution in [-0.2, 0) is 0 Å². The minimum Gasteiger partial charge on any atom is -0.490 e. The van der Waals surface area contributed by atoms with E-state index < -0.39 is 0 Å². The molecule has 0 N–H and O–H groups in total. The summed E-state index contributed by atoms with van der Waals surface area (Å²) in [6.45, 7) is 0. The molecule has 86 valence electrons. The summed E-state index contributed by atoms with van der Waals surface area (Å²) >= 11 is 8.56. The molecule has 1 aromatic carbocycles. The Bertz CT molecular complexity index is 772. The SMILES string of the molecule is COc1c2occc2c(Br)c2ccc(=S)oc12. The Morgan fingerprint density at radius 2 is 1.94 bits per heavy atom. The second-order valence-corrected chi connectivity index (χ2v) is 4.70. The van der Waals surface area contributed by atoms with Crippen LogP contribution in [0.15, 0.2) is 37.8 Å². The van der Waals surface area contributed by atoms with Crippen molar-refractivity contribution in [1.82, 2.24) is 0 Å². The summed E-state index contributed by atoms with van der Waals surface area (Å²) < 4.78 is 17.6. The summed E-state index contributed by atoms with van der Waals surface area (Å²) in [6, 6.07) is 5.52. The average Bonchev–Trinajstić information content (AvgIpc) is 2.79. The topological polar surface area (TPSA) is 35.5 Å². The van der Waals surface area contributed by atoms with Crippen LogP contribution in [0.2, 0.25) is 0 Å². The van der Waals surface area contributed by atoms with Crippen LogP contribution in [0.1, 0.15) is 0 Å². The fourth-order valence-electron chi connectivity index (χ4n) is 1.85. The molecule has 0 radical (unpaired) electrons. The van der Waals surface area contributed by atoms with Gasteiger partial charge in [0.1, 0.15) is 0 Å². The van der Waals surface area contributed by atoms with Crippen molar-refractivity contribution < 1.29 is 13.6 Å². The quantitative estimate of drug-likeness (QED) is 0.611. The Morgan fingerprint density at radius 1 is 1.18 bits per heavy atom. The highest BCUT2D eigenvalue weighted by Crippen LogP contribution is 2.41. The number of furan rings is 1. The van der Waals surface area contributed by atoms with Crippen LogP contribution in [-0.4, -0.2) is 7.11 Å². The first-order valence-corrected chi connectivity index (χ1v) is 6.09. The maximum absolute atomic E-state index is 5.54. The molecular formula is C12H7BrO3S. The standard InChI is InChI=1S/C12H7BrO3S/c1-14-12-10-7(4-5-15-10)9(13)6-2-3-8(17)16-11(6)12/h2-5H,1H3. The molecule has 0 amide bonds. The van der Waals surface area contributed by atoms with E-state index in [-0.39, 0.29) is 0 Å². The van der Waals surface area contributed by atoms with Gasteiger partial charge in [0.25, 0.3) is 0 Å². The zero-order valence-corrected chi connectivity index (χ0v) is 11.2. The van der Waals surface area contributed by atoms with Crippen LogP contribution in [0.4, 0.5) is 0 Å². The van der Waals surface area contributed by atoms with Crippen molar-refractivity contribution in [3.8, 4) is 5.75 Å². The molecule has 0 aliphatic heterocycles.